The van der Waals surface area contributed by atoms with Crippen molar-refractivity contribution < 1.29 is 18.4 Å². The Morgan fingerprint density at radius 1 is 1.00 bits per heavy atom. The molecule has 0 bridgehead atoms. The molecule has 10 nitrogen and oxygen atoms in total. The minimum Gasteiger partial charge on any atom is -0.338 e. The first-order valence-corrected chi connectivity index (χ1v) is 16.0. The van der Waals surface area contributed by atoms with Crippen LogP contribution in [0.5, 0.6) is 0 Å². The van der Waals surface area contributed by atoms with Gasteiger partial charge in [-0.3, -0.25) is 19.6 Å². The Labute approximate surface area is 275 Å². The van der Waals surface area contributed by atoms with Gasteiger partial charge in [0.15, 0.2) is 5.82 Å². The molecule has 12 heteroatoms. The van der Waals surface area contributed by atoms with Crippen LogP contribution in [0.1, 0.15) is 31.7 Å². The van der Waals surface area contributed by atoms with Crippen LogP contribution >= 0.6 is 0 Å². The third-order valence-electron chi connectivity index (χ3n) is 9.47. The fraction of sp³-hybridized carbons (Fsp3) is 0.278. The third-order valence-corrected chi connectivity index (χ3v) is 9.47. The van der Waals surface area contributed by atoms with E-state index in [1.807, 2.05) is 42.2 Å². The maximum atomic E-state index is 15.1. The number of likely N-dealkylation sites (tertiary alicyclic amines) is 1. The molecule has 5 aromatic rings. The van der Waals surface area contributed by atoms with Crippen LogP contribution in [-0.4, -0.2) is 79.5 Å². The number of aromatic amines is 1. The number of carbonyl (C=O) groups excluding carboxylic acids is 2. The summed E-state index contributed by atoms with van der Waals surface area (Å²) in [5.41, 5.74) is 4.05. The predicted octanol–water partition coefficient (Wildman–Crippen LogP) is 5.72. The number of aromatic nitrogens is 5. The zero-order chi connectivity index (χ0) is 33.3. The lowest BCUT2D eigenvalue weighted by Gasteiger charge is -2.30. The van der Waals surface area contributed by atoms with Gasteiger partial charge in [-0.2, -0.15) is 9.49 Å². The van der Waals surface area contributed by atoms with Crippen LogP contribution in [-0.2, 0) is 9.59 Å². The Morgan fingerprint density at radius 2 is 1.83 bits per heavy atom. The number of halogens is 2. The Balaban J connectivity index is 0.970. The van der Waals surface area contributed by atoms with Gasteiger partial charge in [-0.15, -0.1) is 0 Å². The van der Waals surface area contributed by atoms with Crippen LogP contribution in [0.25, 0.3) is 39.1 Å². The molecule has 0 saturated carbocycles. The highest BCUT2D eigenvalue weighted by Crippen LogP contribution is 2.36. The van der Waals surface area contributed by atoms with Crippen LogP contribution in [0.2, 0.25) is 0 Å². The second-order valence-corrected chi connectivity index (χ2v) is 12.3. The lowest BCUT2D eigenvalue weighted by Crippen LogP contribution is -2.43. The van der Waals surface area contributed by atoms with Crippen molar-refractivity contribution >= 4 is 34.0 Å². The van der Waals surface area contributed by atoms with Crippen molar-refractivity contribution in [2.45, 2.75) is 26.2 Å². The van der Waals surface area contributed by atoms with Gasteiger partial charge in [-0.05, 0) is 73.8 Å². The van der Waals surface area contributed by atoms with E-state index in [4.69, 9.17) is 0 Å². The zero-order valence-electron chi connectivity index (χ0n) is 26.4. The molecule has 0 aliphatic carbocycles. The van der Waals surface area contributed by atoms with E-state index in [2.05, 4.69) is 30.5 Å². The quantitative estimate of drug-likeness (QED) is 0.207. The minimum absolute atomic E-state index is 0.0112. The van der Waals surface area contributed by atoms with Gasteiger partial charge in [0.1, 0.15) is 11.5 Å². The molecule has 5 heterocycles. The van der Waals surface area contributed by atoms with Gasteiger partial charge in [0.2, 0.25) is 17.8 Å². The molecule has 7 rings (SSSR count). The molecule has 2 amide bonds. The number of benzene rings is 2. The highest BCUT2D eigenvalue weighted by molar-refractivity contribution is 6.00. The summed E-state index contributed by atoms with van der Waals surface area (Å²) in [4.78, 5) is 43.0. The first-order chi connectivity index (χ1) is 23.3. The molecule has 0 spiro atoms. The van der Waals surface area contributed by atoms with Crippen molar-refractivity contribution in [3.05, 3.63) is 96.6 Å². The first-order valence-electron chi connectivity index (χ1n) is 16.0. The van der Waals surface area contributed by atoms with E-state index in [0.717, 1.165) is 16.5 Å². The summed E-state index contributed by atoms with van der Waals surface area (Å²) in [6.45, 7) is 4.21. The molecule has 2 aliphatic heterocycles. The van der Waals surface area contributed by atoms with E-state index in [9.17, 15) is 14.0 Å². The number of carbonyl (C=O) groups is 2. The SMILES string of the molecule is CC[C@@]1(C(=O)Nc2ccc3[nH]nc(-c4ccc(F)nc4)c3c2)CCN(CC(=O)N2CC=C(c3ccc(-c4ncccn4)cc3F)CC2)C1. The normalized spacial score (nSPS) is 18.2. The summed E-state index contributed by atoms with van der Waals surface area (Å²) < 4.78 is 28.4. The number of H-pyrrole nitrogens is 1. The molecule has 2 N–H and O–H groups in total. The van der Waals surface area contributed by atoms with Crippen molar-refractivity contribution in [3.63, 3.8) is 0 Å². The van der Waals surface area contributed by atoms with Gasteiger partial charge < -0.3 is 10.2 Å². The summed E-state index contributed by atoms with van der Waals surface area (Å²) in [6, 6.07) is 15.1. The molecule has 2 aliphatic rings. The number of rotatable bonds is 8. The number of pyridine rings is 1. The molecule has 1 saturated heterocycles. The van der Waals surface area contributed by atoms with Gasteiger partial charge in [-0.1, -0.05) is 25.1 Å². The number of hydrogen-bond donors (Lipinski definition) is 2. The molecule has 0 radical (unpaired) electrons. The smallest absolute Gasteiger partial charge is 0.237 e. The van der Waals surface area contributed by atoms with Crippen LogP contribution in [0.15, 0.2) is 79.3 Å². The maximum Gasteiger partial charge on any atom is 0.237 e. The summed E-state index contributed by atoms with van der Waals surface area (Å²) in [7, 11) is 0. The van der Waals surface area contributed by atoms with Gasteiger partial charge >= 0.3 is 0 Å². The molecule has 244 valence electrons. The third kappa shape index (κ3) is 6.18. The van der Waals surface area contributed by atoms with Crippen molar-refractivity contribution in [2.75, 3.05) is 38.0 Å². The Kier molecular flexibility index (Phi) is 8.49. The van der Waals surface area contributed by atoms with E-state index in [0.29, 0.717) is 79.3 Å². The van der Waals surface area contributed by atoms with E-state index >= 15 is 4.39 Å². The zero-order valence-corrected chi connectivity index (χ0v) is 26.4. The summed E-state index contributed by atoms with van der Waals surface area (Å²) in [5, 5.41) is 11.2. The summed E-state index contributed by atoms with van der Waals surface area (Å²) in [5.74, 6) is -0.546. The fourth-order valence-electron chi connectivity index (χ4n) is 6.61. The Hall–Kier alpha value is -5.36. The van der Waals surface area contributed by atoms with E-state index in [-0.39, 0.29) is 24.2 Å². The Morgan fingerprint density at radius 3 is 2.56 bits per heavy atom. The summed E-state index contributed by atoms with van der Waals surface area (Å²) >= 11 is 0. The van der Waals surface area contributed by atoms with Crippen LogP contribution in [0.4, 0.5) is 14.5 Å². The predicted molar refractivity (Wildman–Crippen MR) is 178 cm³/mol. The van der Waals surface area contributed by atoms with Gasteiger partial charge in [0.05, 0.1) is 17.5 Å². The minimum atomic E-state index is -0.640. The average Bonchev–Trinajstić information content (AvgIpc) is 3.74. The van der Waals surface area contributed by atoms with Crippen LogP contribution < -0.4 is 5.32 Å². The lowest BCUT2D eigenvalue weighted by molar-refractivity contribution is -0.132. The maximum absolute atomic E-state index is 15.1. The number of hydrogen-bond acceptors (Lipinski definition) is 7. The van der Waals surface area contributed by atoms with Crippen molar-refractivity contribution in [1.82, 2.24) is 34.9 Å². The number of anilines is 1. The number of nitrogens with zero attached hydrogens (tertiary/aromatic N) is 6. The molecule has 1 fully saturated rings. The largest absolute Gasteiger partial charge is 0.338 e. The second-order valence-electron chi connectivity index (χ2n) is 12.3. The molecule has 0 unspecified atom stereocenters. The van der Waals surface area contributed by atoms with Gasteiger partial charge in [0.25, 0.3) is 0 Å². The fourth-order valence-corrected chi connectivity index (χ4v) is 6.61. The van der Waals surface area contributed by atoms with Gasteiger partial charge in [0, 0.05) is 66.0 Å². The highest BCUT2D eigenvalue weighted by Gasteiger charge is 2.43. The van der Waals surface area contributed by atoms with Crippen LogP contribution in [0.3, 0.4) is 0 Å². The second kappa shape index (κ2) is 13.0. The monoisotopic (exact) mass is 648 g/mol. The molecule has 3 aromatic heterocycles. The highest BCUT2D eigenvalue weighted by atomic mass is 19.1. The van der Waals surface area contributed by atoms with E-state index in [1.165, 1.54) is 18.3 Å². The molecule has 48 heavy (non-hydrogen) atoms. The molecule has 1 atom stereocenters. The number of fused-ring (bicyclic) bond motifs is 1. The number of nitrogens with one attached hydrogen (secondary N) is 2. The number of amides is 2. The van der Waals surface area contributed by atoms with Gasteiger partial charge in [-0.25, -0.2) is 19.3 Å². The Bertz CT molecular complexity index is 2010. The lowest BCUT2D eigenvalue weighted by atomic mass is 9.83. The summed E-state index contributed by atoms with van der Waals surface area (Å²) in [6.07, 6.45) is 8.40. The molecular formula is C36H34F2N8O2. The topological polar surface area (TPSA) is 120 Å². The average molecular weight is 649 g/mol. The van der Waals surface area contributed by atoms with E-state index in [1.54, 1.807) is 35.5 Å². The van der Waals surface area contributed by atoms with Crippen LogP contribution in [0, 0.1) is 17.2 Å². The van der Waals surface area contributed by atoms with Crippen molar-refractivity contribution in [2.24, 2.45) is 5.41 Å². The van der Waals surface area contributed by atoms with Crippen molar-refractivity contribution in [3.8, 4) is 22.6 Å². The van der Waals surface area contributed by atoms with E-state index < -0.39 is 11.4 Å². The first kappa shape index (κ1) is 31.3. The molecular weight excluding hydrogens is 614 g/mol. The molecule has 2 aromatic carbocycles. The van der Waals surface area contributed by atoms with Crippen molar-refractivity contribution in [1.29, 1.82) is 0 Å². The standard InChI is InChI=1S/C36H34F2N8O2/c1-2-36(35(48)42-26-6-8-30-28(19-26)33(44-43-30)25-5-9-31(38)41-20-25)12-17-45(22-36)21-32(47)46-15-10-23(11-16-46)27-7-4-24(18-29(27)37)34-39-13-3-14-40-34/h3-10,13-14,18-20H,2,11-12,15-17,21-22H2,1H3,(H,42,48)(H,43,44)/t36-/m1/s1.